The highest BCUT2D eigenvalue weighted by Crippen LogP contribution is 2.45. The van der Waals surface area contributed by atoms with E-state index in [0.717, 1.165) is 8.47 Å². The van der Waals surface area contributed by atoms with Crippen LogP contribution >= 0.6 is 22.6 Å². The Morgan fingerprint density at radius 3 is 2.11 bits per heavy atom. The largest absolute Gasteiger partial charge is 0.274 e. The van der Waals surface area contributed by atoms with E-state index < -0.39 is 26.4 Å². The highest BCUT2D eigenvalue weighted by molar-refractivity contribution is 14.1. The third-order valence-electron chi connectivity index (χ3n) is 4.93. The van der Waals surface area contributed by atoms with Gasteiger partial charge in [-0.05, 0) is 71.8 Å². The molecule has 3 rings (SSSR count). The zero-order chi connectivity index (χ0) is 20.0. The van der Waals surface area contributed by atoms with E-state index >= 15 is 0 Å². The molecule has 5 nitrogen and oxygen atoms in total. The number of rotatable bonds is 3. The predicted molar refractivity (Wildman–Crippen MR) is 111 cm³/mol. The monoisotopic (exact) mass is 495 g/mol. The fourth-order valence-electron chi connectivity index (χ4n) is 3.28. The Bertz CT molecular complexity index is 1060. The fourth-order valence-corrected chi connectivity index (χ4v) is 5.42. The standard InChI is InChI=1S/C20H18INO4S/c1-13-18(15-7-5-4-6-8-15)22(14(2)23)19(24)20(13,3)27(25,26)17-11-9-16(21)10-12-17/h4-12H,1-3H3. The molecule has 140 valence electrons. The second-order valence-electron chi connectivity index (χ2n) is 6.49. The second-order valence-corrected chi connectivity index (χ2v) is 10.0. The van der Waals surface area contributed by atoms with Gasteiger partial charge in [0.05, 0.1) is 10.6 Å². The SMILES string of the molecule is CC(=O)N1C(=O)C(C)(S(=O)(=O)c2ccc(I)cc2)C(C)=C1c1ccccc1. The average Bonchev–Trinajstić information content (AvgIpc) is 2.85. The molecule has 27 heavy (non-hydrogen) atoms. The van der Waals surface area contributed by atoms with Crippen LogP contribution < -0.4 is 0 Å². The molecule has 1 unspecified atom stereocenters. The minimum atomic E-state index is -4.07. The molecule has 2 amide bonds. The van der Waals surface area contributed by atoms with Gasteiger partial charge in [0.2, 0.25) is 5.91 Å². The first-order valence-electron chi connectivity index (χ1n) is 8.24. The van der Waals surface area contributed by atoms with Crippen molar-refractivity contribution < 1.29 is 18.0 Å². The Balaban J connectivity index is 2.28. The number of benzene rings is 2. The zero-order valence-corrected chi connectivity index (χ0v) is 18.0. The number of sulfone groups is 1. The molecule has 7 heteroatoms. The van der Waals surface area contributed by atoms with Crippen LogP contribution in [0.4, 0.5) is 0 Å². The summed E-state index contributed by atoms with van der Waals surface area (Å²) in [6, 6.07) is 15.2. The van der Waals surface area contributed by atoms with Crippen LogP contribution in [-0.4, -0.2) is 29.9 Å². The Morgan fingerprint density at radius 1 is 1.04 bits per heavy atom. The first kappa shape index (κ1) is 19.8. The lowest BCUT2D eigenvalue weighted by Crippen LogP contribution is -2.47. The third kappa shape index (κ3) is 2.93. The van der Waals surface area contributed by atoms with Gasteiger partial charge in [-0.15, -0.1) is 0 Å². The summed E-state index contributed by atoms with van der Waals surface area (Å²) in [6.07, 6.45) is 0. The van der Waals surface area contributed by atoms with Crippen molar-refractivity contribution in [1.82, 2.24) is 4.90 Å². The van der Waals surface area contributed by atoms with E-state index in [1.54, 1.807) is 43.3 Å². The number of carbonyl (C=O) groups is 2. The number of amides is 2. The Labute approximate surface area is 172 Å². The predicted octanol–water partition coefficient (Wildman–Crippen LogP) is 3.64. The van der Waals surface area contributed by atoms with Gasteiger partial charge in [-0.3, -0.25) is 9.59 Å². The summed E-state index contributed by atoms with van der Waals surface area (Å²) in [4.78, 5) is 26.5. The molecule has 1 atom stereocenters. The minimum absolute atomic E-state index is 0.0518. The van der Waals surface area contributed by atoms with Gasteiger partial charge in [0, 0.05) is 10.5 Å². The van der Waals surface area contributed by atoms with Crippen LogP contribution in [0, 0.1) is 3.57 Å². The van der Waals surface area contributed by atoms with Crippen molar-refractivity contribution >= 4 is 49.9 Å². The number of hydrogen-bond acceptors (Lipinski definition) is 4. The summed E-state index contributed by atoms with van der Waals surface area (Å²) in [5, 5.41) is 0. The van der Waals surface area contributed by atoms with E-state index in [1.165, 1.54) is 26.0 Å². The van der Waals surface area contributed by atoms with Crippen molar-refractivity contribution in [2.24, 2.45) is 0 Å². The maximum Gasteiger partial charge on any atom is 0.259 e. The fraction of sp³-hybridized carbons (Fsp3) is 0.200. The summed E-state index contributed by atoms with van der Waals surface area (Å²) in [6.45, 7) is 4.24. The highest BCUT2D eigenvalue weighted by atomic mass is 127. The molecule has 0 spiro atoms. The van der Waals surface area contributed by atoms with Crippen molar-refractivity contribution in [3.63, 3.8) is 0 Å². The quantitative estimate of drug-likeness (QED) is 0.610. The molecule has 2 aromatic rings. The number of halogens is 1. The second kappa shape index (κ2) is 6.87. The normalized spacial score (nSPS) is 20.3. The molecule has 0 aromatic heterocycles. The van der Waals surface area contributed by atoms with Crippen molar-refractivity contribution in [2.75, 3.05) is 0 Å². The lowest BCUT2D eigenvalue weighted by molar-refractivity contribution is -0.138. The molecule has 1 aliphatic rings. The Hall–Kier alpha value is -2.00. The van der Waals surface area contributed by atoms with Gasteiger partial charge in [0.1, 0.15) is 0 Å². The highest BCUT2D eigenvalue weighted by Gasteiger charge is 2.58. The van der Waals surface area contributed by atoms with Crippen LogP contribution in [0.5, 0.6) is 0 Å². The van der Waals surface area contributed by atoms with Crippen LogP contribution in [0.3, 0.4) is 0 Å². The lowest BCUT2D eigenvalue weighted by atomic mass is 10.0. The maximum atomic E-state index is 13.4. The van der Waals surface area contributed by atoms with Gasteiger partial charge in [-0.2, -0.15) is 0 Å². The summed E-state index contributed by atoms with van der Waals surface area (Å²) < 4.78 is 25.9. The van der Waals surface area contributed by atoms with Crippen LogP contribution in [0.2, 0.25) is 0 Å². The van der Waals surface area contributed by atoms with E-state index in [2.05, 4.69) is 22.6 Å². The summed E-state index contributed by atoms with van der Waals surface area (Å²) in [7, 11) is -4.07. The van der Waals surface area contributed by atoms with Gasteiger partial charge >= 0.3 is 0 Å². The van der Waals surface area contributed by atoms with Crippen LogP contribution in [-0.2, 0) is 19.4 Å². The number of carbonyl (C=O) groups excluding carboxylic acids is 2. The molecule has 1 heterocycles. The molecule has 0 aliphatic carbocycles. The van der Waals surface area contributed by atoms with Crippen molar-refractivity contribution in [2.45, 2.75) is 30.4 Å². The van der Waals surface area contributed by atoms with Gasteiger partial charge in [0.25, 0.3) is 5.91 Å². The Morgan fingerprint density at radius 2 is 1.59 bits per heavy atom. The Kier molecular flexibility index (Phi) is 5.02. The topological polar surface area (TPSA) is 71.5 Å². The van der Waals surface area contributed by atoms with Crippen molar-refractivity contribution in [3.05, 3.63) is 69.3 Å². The van der Waals surface area contributed by atoms with E-state index in [0.29, 0.717) is 16.8 Å². The zero-order valence-electron chi connectivity index (χ0n) is 15.1. The summed E-state index contributed by atoms with van der Waals surface area (Å²) in [5.41, 5.74) is 1.30. The number of imide groups is 1. The van der Waals surface area contributed by atoms with Gasteiger partial charge in [-0.25, -0.2) is 13.3 Å². The first-order valence-corrected chi connectivity index (χ1v) is 10.8. The third-order valence-corrected chi connectivity index (χ3v) is 8.10. The van der Waals surface area contributed by atoms with Gasteiger partial charge in [0.15, 0.2) is 14.6 Å². The molecule has 0 bridgehead atoms. The average molecular weight is 495 g/mol. The molecule has 0 saturated carbocycles. The molecular formula is C20H18INO4S. The molecule has 0 radical (unpaired) electrons. The van der Waals surface area contributed by atoms with E-state index in [-0.39, 0.29) is 4.90 Å². The van der Waals surface area contributed by atoms with E-state index in [9.17, 15) is 18.0 Å². The minimum Gasteiger partial charge on any atom is -0.274 e. The molecule has 2 aromatic carbocycles. The van der Waals surface area contributed by atoms with Crippen molar-refractivity contribution in [1.29, 1.82) is 0 Å². The van der Waals surface area contributed by atoms with E-state index in [4.69, 9.17) is 0 Å². The van der Waals surface area contributed by atoms with Gasteiger partial charge in [-0.1, -0.05) is 30.3 Å². The van der Waals surface area contributed by atoms with Crippen LogP contribution in [0.25, 0.3) is 5.70 Å². The van der Waals surface area contributed by atoms with Crippen LogP contribution in [0.15, 0.2) is 65.1 Å². The molecule has 0 fully saturated rings. The molecule has 1 aliphatic heterocycles. The van der Waals surface area contributed by atoms with Gasteiger partial charge < -0.3 is 0 Å². The summed E-state index contributed by atoms with van der Waals surface area (Å²) in [5.74, 6) is -1.26. The first-order chi connectivity index (χ1) is 12.6. The smallest absolute Gasteiger partial charge is 0.259 e. The summed E-state index contributed by atoms with van der Waals surface area (Å²) >= 11 is 2.08. The molecular weight excluding hydrogens is 477 g/mol. The maximum absolute atomic E-state index is 13.4. The van der Waals surface area contributed by atoms with Crippen LogP contribution in [0.1, 0.15) is 26.3 Å². The molecule has 0 saturated heterocycles. The number of nitrogens with zero attached hydrogens (tertiary/aromatic N) is 1. The number of hydrogen-bond donors (Lipinski definition) is 0. The van der Waals surface area contributed by atoms with Crippen molar-refractivity contribution in [3.8, 4) is 0 Å². The van der Waals surface area contributed by atoms with E-state index in [1.807, 2.05) is 6.07 Å². The molecule has 0 N–H and O–H groups in total. The lowest BCUT2D eigenvalue weighted by Gasteiger charge is -2.25.